The number of hydrogen-bond donors (Lipinski definition) is 0. The number of rotatable bonds is 3. The van der Waals surface area contributed by atoms with E-state index in [4.69, 9.17) is 27.6 Å². The first-order valence-corrected chi connectivity index (χ1v) is 11.1. The van der Waals surface area contributed by atoms with Gasteiger partial charge in [0.15, 0.2) is 5.82 Å². The summed E-state index contributed by atoms with van der Waals surface area (Å²) in [6.07, 6.45) is 1.68. The molecule has 3 heterocycles. The quantitative estimate of drug-likeness (QED) is 0.307. The highest BCUT2D eigenvalue weighted by Crippen LogP contribution is 2.29. The highest BCUT2D eigenvalue weighted by molar-refractivity contribution is 9.10. The van der Waals surface area contributed by atoms with Crippen LogP contribution < -0.4 is 10.1 Å². The Balaban J connectivity index is 1.50. The van der Waals surface area contributed by atoms with E-state index in [2.05, 4.69) is 26.0 Å². The zero-order valence-corrected chi connectivity index (χ0v) is 18.9. The number of thiazole rings is 1. The first-order chi connectivity index (χ1) is 14.5. The summed E-state index contributed by atoms with van der Waals surface area (Å²) in [6, 6.07) is 16.5. The molecule has 5 rings (SSSR count). The topological polar surface area (TPSA) is 60.4 Å². The summed E-state index contributed by atoms with van der Waals surface area (Å²) in [5.41, 5.74) is 1.41. The van der Waals surface area contributed by atoms with Gasteiger partial charge in [0.25, 0.3) is 5.56 Å². The predicted molar refractivity (Wildman–Crippen MR) is 123 cm³/mol. The Kier molecular flexibility index (Phi) is 4.99. The van der Waals surface area contributed by atoms with Crippen molar-refractivity contribution in [3.05, 3.63) is 89.8 Å². The lowest BCUT2D eigenvalue weighted by molar-refractivity contribution is 0.571. The first-order valence-electron chi connectivity index (χ1n) is 8.70. The minimum Gasteiger partial charge on any atom is -0.457 e. The number of aromatic nitrogens is 3. The van der Waals surface area contributed by atoms with Gasteiger partial charge in [-0.1, -0.05) is 62.6 Å². The fourth-order valence-corrected chi connectivity index (χ4v) is 4.37. The van der Waals surface area contributed by atoms with Crippen molar-refractivity contribution < 1.29 is 4.42 Å². The van der Waals surface area contributed by atoms with Gasteiger partial charge in [0.05, 0.1) is 10.0 Å². The summed E-state index contributed by atoms with van der Waals surface area (Å²) in [7, 11) is 0. The van der Waals surface area contributed by atoms with Crippen LogP contribution in [0.5, 0.6) is 0 Å². The minimum absolute atomic E-state index is 0.238. The van der Waals surface area contributed by atoms with E-state index in [-0.39, 0.29) is 5.56 Å². The molecule has 148 valence electrons. The van der Waals surface area contributed by atoms with Crippen molar-refractivity contribution in [2.24, 2.45) is 0 Å². The smallest absolute Gasteiger partial charge is 0.291 e. The highest BCUT2D eigenvalue weighted by atomic mass is 79.9. The van der Waals surface area contributed by atoms with Gasteiger partial charge in [0.2, 0.25) is 4.96 Å². The molecule has 30 heavy (non-hydrogen) atoms. The maximum atomic E-state index is 12.7. The molecular formula is C21H10BrCl2N3O2S. The molecule has 3 aromatic heterocycles. The monoisotopic (exact) mass is 517 g/mol. The molecule has 0 aliphatic carbocycles. The Morgan fingerprint density at radius 2 is 1.77 bits per heavy atom. The predicted octanol–water partition coefficient (Wildman–Crippen LogP) is 5.70. The molecule has 0 aliphatic rings. The van der Waals surface area contributed by atoms with Crippen LogP contribution in [-0.2, 0) is 0 Å². The largest absolute Gasteiger partial charge is 0.457 e. The van der Waals surface area contributed by atoms with Gasteiger partial charge in [0.1, 0.15) is 16.1 Å². The van der Waals surface area contributed by atoms with E-state index in [1.165, 1.54) is 15.9 Å². The van der Waals surface area contributed by atoms with Crippen LogP contribution in [0.1, 0.15) is 5.76 Å². The minimum atomic E-state index is -0.238. The van der Waals surface area contributed by atoms with Crippen LogP contribution in [0.15, 0.2) is 68.3 Å². The molecule has 0 saturated heterocycles. The second kappa shape index (κ2) is 7.67. The van der Waals surface area contributed by atoms with Crippen LogP contribution >= 0.6 is 50.5 Å². The maximum absolute atomic E-state index is 12.7. The fraction of sp³-hybridized carbons (Fsp3) is 0. The molecule has 0 unspecified atom stereocenters. The van der Waals surface area contributed by atoms with E-state index < -0.39 is 0 Å². The van der Waals surface area contributed by atoms with Crippen molar-refractivity contribution in [1.82, 2.24) is 14.6 Å². The number of fused-ring (bicyclic) bond motifs is 1. The van der Waals surface area contributed by atoms with Crippen LogP contribution in [0.4, 0.5) is 0 Å². The standard InChI is InChI=1S/C21H10BrCl2N3O2S/c22-13-4-1-11(2-5-13)19-25-21-27(26-19)20(28)18(30-21)10-14-6-8-17(29-14)12-3-7-15(23)16(24)9-12/h1-10H/b18-10-. The molecule has 0 aliphatic heterocycles. The van der Waals surface area contributed by atoms with Gasteiger partial charge in [-0.15, -0.1) is 5.10 Å². The van der Waals surface area contributed by atoms with Crippen LogP contribution in [0, 0.1) is 0 Å². The zero-order chi connectivity index (χ0) is 20.8. The summed E-state index contributed by atoms with van der Waals surface area (Å²) in [5.74, 6) is 1.69. The van der Waals surface area contributed by atoms with Crippen molar-refractivity contribution in [3.8, 4) is 22.7 Å². The van der Waals surface area contributed by atoms with Gasteiger partial charge in [-0.3, -0.25) is 4.79 Å². The summed E-state index contributed by atoms with van der Waals surface area (Å²) in [4.78, 5) is 17.8. The second-order valence-corrected chi connectivity index (χ2v) is 9.12. The van der Waals surface area contributed by atoms with Crippen molar-refractivity contribution >= 4 is 61.5 Å². The molecule has 0 spiro atoms. The molecule has 0 saturated carbocycles. The molecule has 0 radical (unpaired) electrons. The first kappa shape index (κ1) is 19.5. The van der Waals surface area contributed by atoms with Gasteiger partial charge >= 0.3 is 0 Å². The molecule has 0 amide bonds. The Labute approximate surface area is 192 Å². The average molecular weight is 519 g/mol. The fourth-order valence-electron chi connectivity index (χ4n) is 2.92. The van der Waals surface area contributed by atoms with E-state index in [1.807, 2.05) is 36.4 Å². The van der Waals surface area contributed by atoms with Gasteiger partial charge in [0, 0.05) is 21.7 Å². The number of furan rings is 1. The highest BCUT2D eigenvalue weighted by Gasteiger charge is 2.13. The molecule has 5 nitrogen and oxygen atoms in total. The van der Waals surface area contributed by atoms with Crippen molar-refractivity contribution in [2.45, 2.75) is 0 Å². The third kappa shape index (κ3) is 3.58. The Hall–Kier alpha value is -2.45. The SMILES string of the molecule is O=c1/c(=C/c2ccc(-c3ccc(Cl)c(Cl)c3)o2)sc2nc(-c3ccc(Br)cc3)nn12. The molecular weight excluding hydrogens is 509 g/mol. The van der Waals surface area contributed by atoms with E-state index in [0.29, 0.717) is 36.9 Å². The van der Waals surface area contributed by atoms with Crippen molar-refractivity contribution in [1.29, 1.82) is 0 Å². The zero-order valence-electron chi connectivity index (χ0n) is 15.0. The number of hydrogen-bond acceptors (Lipinski definition) is 5. The molecule has 2 aromatic carbocycles. The lowest BCUT2D eigenvalue weighted by Crippen LogP contribution is -2.23. The maximum Gasteiger partial charge on any atom is 0.291 e. The Morgan fingerprint density at radius 1 is 1.00 bits per heavy atom. The molecule has 0 N–H and O–H groups in total. The summed E-state index contributed by atoms with van der Waals surface area (Å²) >= 11 is 16.7. The van der Waals surface area contributed by atoms with Gasteiger partial charge in [-0.05, 0) is 42.5 Å². The average Bonchev–Trinajstić information content (AvgIpc) is 3.43. The Bertz CT molecular complexity index is 1510. The number of benzene rings is 2. The van der Waals surface area contributed by atoms with Gasteiger partial charge in [-0.2, -0.15) is 9.50 Å². The number of nitrogens with zero attached hydrogens (tertiary/aromatic N) is 3. The lowest BCUT2D eigenvalue weighted by atomic mass is 10.2. The van der Waals surface area contributed by atoms with Crippen molar-refractivity contribution in [3.63, 3.8) is 0 Å². The lowest BCUT2D eigenvalue weighted by Gasteiger charge is -1.99. The van der Waals surface area contributed by atoms with E-state index in [0.717, 1.165) is 15.6 Å². The van der Waals surface area contributed by atoms with Crippen molar-refractivity contribution in [2.75, 3.05) is 0 Å². The van der Waals surface area contributed by atoms with E-state index in [9.17, 15) is 4.79 Å². The third-order valence-electron chi connectivity index (χ3n) is 4.39. The molecule has 0 bridgehead atoms. The van der Waals surface area contributed by atoms with E-state index >= 15 is 0 Å². The normalized spacial score (nSPS) is 12.2. The van der Waals surface area contributed by atoms with Gasteiger partial charge < -0.3 is 4.42 Å². The van der Waals surface area contributed by atoms with Crippen LogP contribution in [-0.4, -0.2) is 14.6 Å². The summed E-state index contributed by atoms with van der Waals surface area (Å²) in [6.45, 7) is 0. The van der Waals surface area contributed by atoms with E-state index in [1.54, 1.807) is 24.3 Å². The van der Waals surface area contributed by atoms with Gasteiger partial charge in [-0.25, -0.2) is 0 Å². The molecule has 9 heteroatoms. The molecule has 5 aromatic rings. The molecule has 0 fully saturated rings. The third-order valence-corrected chi connectivity index (χ3v) is 6.62. The Morgan fingerprint density at radius 3 is 2.50 bits per heavy atom. The number of halogens is 3. The van der Waals surface area contributed by atoms with Crippen LogP contribution in [0.25, 0.3) is 33.7 Å². The second-order valence-electron chi connectivity index (χ2n) is 6.38. The summed E-state index contributed by atoms with van der Waals surface area (Å²) in [5, 5.41) is 5.28. The van der Waals surface area contributed by atoms with Crippen LogP contribution in [0.2, 0.25) is 10.0 Å². The molecule has 0 atom stereocenters. The van der Waals surface area contributed by atoms with Crippen LogP contribution in [0.3, 0.4) is 0 Å². The summed E-state index contributed by atoms with van der Waals surface area (Å²) < 4.78 is 8.63.